The molecule has 2 amide bonds. The summed E-state index contributed by atoms with van der Waals surface area (Å²) in [7, 11) is 0. The van der Waals surface area contributed by atoms with E-state index in [9.17, 15) is 9.59 Å². The van der Waals surface area contributed by atoms with Crippen molar-refractivity contribution in [2.24, 2.45) is 5.92 Å². The third-order valence-corrected chi connectivity index (χ3v) is 5.93. The molecule has 4 nitrogen and oxygen atoms in total. The Morgan fingerprint density at radius 3 is 2.41 bits per heavy atom. The summed E-state index contributed by atoms with van der Waals surface area (Å²) < 4.78 is 0. The molecule has 0 aromatic heterocycles. The maximum absolute atomic E-state index is 13.3. The van der Waals surface area contributed by atoms with E-state index in [-0.39, 0.29) is 17.7 Å². The molecule has 0 radical (unpaired) electrons. The molecule has 2 fully saturated rings. The molecule has 1 saturated heterocycles. The molecule has 1 heterocycles. The first-order chi connectivity index (χ1) is 13.1. The molecule has 140 valence electrons. The van der Waals surface area contributed by atoms with Gasteiger partial charge in [-0.05, 0) is 55.5 Å². The van der Waals surface area contributed by atoms with Crippen LogP contribution < -0.4 is 5.32 Å². The number of hydrogen-bond acceptors (Lipinski definition) is 2. The highest BCUT2D eigenvalue weighted by Gasteiger charge is 2.53. The quantitative estimate of drug-likeness (QED) is 0.859. The molecule has 0 spiro atoms. The summed E-state index contributed by atoms with van der Waals surface area (Å²) in [6, 6.07) is 17.1. The van der Waals surface area contributed by atoms with Crippen molar-refractivity contribution < 1.29 is 9.59 Å². The van der Waals surface area contributed by atoms with Crippen molar-refractivity contribution in [1.82, 2.24) is 4.90 Å². The van der Waals surface area contributed by atoms with E-state index in [2.05, 4.69) is 5.32 Å². The number of carbonyl (C=O) groups excluding carboxylic acids is 2. The number of benzene rings is 2. The Hall–Kier alpha value is -2.33. The number of hydrogen-bond donors (Lipinski definition) is 1. The molecule has 1 aliphatic carbocycles. The van der Waals surface area contributed by atoms with Crippen molar-refractivity contribution in [3.8, 4) is 0 Å². The van der Waals surface area contributed by atoms with E-state index in [0.717, 1.165) is 43.5 Å². The highest BCUT2D eigenvalue weighted by molar-refractivity contribution is 6.30. The second-order valence-electron chi connectivity index (χ2n) is 7.53. The van der Waals surface area contributed by atoms with Crippen molar-refractivity contribution in [2.45, 2.75) is 31.1 Å². The summed E-state index contributed by atoms with van der Waals surface area (Å²) in [5.74, 6) is -0.0130. The first-order valence-corrected chi connectivity index (χ1v) is 9.88. The number of halogens is 1. The molecule has 1 aliphatic heterocycles. The molecule has 4 rings (SSSR count). The van der Waals surface area contributed by atoms with Crippen LogP contribution in [0.5, 0.6) is 0 Å². The Bertz CT molecular complexity index is 831. The zero-order valence-corrected chi connectivity index (χ0v) is 15.9. The van der Waals surface area contributed by atoms with Gasteiger partial charge in [-0.2, -0.15) is 0 Å². The van der Waals surface area contributed by atoms with Gasteiger partial charge in [-0.25, -0.2) is 0 Å². The number of anilines is 1. The van der Waals surface area contributed by atoms with E-state index >= 15 is 0 Å². The van der Waals surface area contributed by atoms with E-state index in [1.54, 1.807) is 0 Å². The summed E-state index contributed by atoms with van der Waals surface area (Å²) in [6.45, 7) is 1.22. The molecule has 27 heavy (non-hydrogen) atoms. The van der Waals surface area contributed by atoms with Crippen molar-refractivity contribution in [2.75, 3.05) is 18.4 Å². The Balaban J connectivity index is 1.44. The molecule has 1 atom stereocenters. The van der Waals surface area contributed by atoms with Gasteiger partial charge in [0, 0.05) is 23.8 Å². The minimum absolute atomic E-state index is 0.00459. The molecule has 1 saturated carbocycles. The van der Waals surface area contributed by atoms with Gasteiger partial charge in [0.25, 0.3) is 0 Å². The first-order valence-electron chi connectivity index (χ1n) is 9.50. The van der Waals surface area contributed by atoms with Gasteiger partial charge in [0.15, 0.2) is 0 Å². The van der Waals surface area contributed by atoms with Crippen molar-refractivity contribution in [1.29, 1.82) is 0 Å². The smallest absolute Gasteiger partial charge is 0.233 e. The number of para-hydroxylation sites is 1. The van der Waals surface area contributed by atoms with Crippen molar-refractivity contribution in [3.05, 3.63) is 65.2 Å². The Labute approximate surface area is 164 Å². The predicted molar refractivity (Wildman–Crippen MR) is 107 cm³/mol. The fourth-order valence-corrected chi connectivity index (χ4v) is 4.09. The predicted octanol–water partition coefficient (Wildman–Crippen LogP) is 4.25. The maximum Gasteiger partial charge on any atom is 0.233 e. The van der Waals surface area contributed by atoms with Crippen LogP contribution >= 0.6 is 11.6 Å². The molecule has 5 heteroatoms. The van der Waals surface area contributed by atoms with Gasteiger partial charge in [-0.3, -0.25) is 9.59 Å². The molecule has 1 N–H and O–H groups in total. The van der Waals surface area contributed by atoms with Gasteiger partial charge < -0.3 is 10.2 Å². The molecular formula is C22H23ClN2O2. The number of amides is 2. The summed E-state index contributed by atoms with van der Waals surface area (Å²) in [4.78, 5) is 27.8. The Kier molecular flexibility index (Phi) is 4.92. The minimum Gasteiger partial charge on any atom is -0.341 e. The average Bonchev–Trinajstić information content (AvgIpc) is 3.51. The van der Waals surface area contributed by atoms with Crippen LogP contribution in [0.3, 0.4) is 0 Å². The lowest BCUT2D eigenvalue weighted by Crippen LogP contribution is -2.47. The highest BCUT2D eigenvalue weighted by atomic mass is 35.5. The van der Waals surface area contributed by atoms with E-state index in [0.29, 0.717) is 11.6 Å². The number of likely N-dealkylation sites (tertiary alicyclic amines) is 1. The second kappa shape index (κ2) is 7.35. The average molecular weight is 383 g/mol. The van der Waals surface area contributed by atoms with Gasteiger partial charge in [0.1, 0.15) is 0 Å². The van der Waals surface area contributed by atoms with Gasteiger partial charge in [-0.1, -0.05) is 41.9 Å². The van der Waals surface area contributed by atoms with E-state index in [1.807, 2.05) is 59.5 Å². The summed E-state index contributed by atoms with van der Waals surface area (Å²) >= 11 is 5.99. The van der Waals surface area contributed by atoms with Crippen LogP contribution in [0.15, 0.2) is 54.6 Å². The van der Waals surface area contributed by atoms with Crippen LogP contribution in [0.25, 0.3) is 0 Å². The monoisotopic (exact) mass is 382 g/mol. The summed E-state index contributed by atoms with van der Waals surface area (Å²) in [5.41, 5.74) is 1.42. The number of carbonyl (C=O) groups is 2. The van der Waals surface area contributed by atoms with Gasteiger partial charge in [-0.15, -0.1) is 0 Å². The fourth-order valence-electron chi connectivity index (χ4n) is 3.96. The highest BCUT2D eigenvalue weighted by Crippen LogP contribution is 2.50. The molecule has 2 aromatic carbocycles. The maximum atomic E-state index is 13.3. The lowest BCUT2D eigenvalue weighted by molar-refractivity contribution is -0.137. The first kappa shape index (κ1) is 18.1. The zero-order chi connectivity index (χ0) is 18.9. The normalized spacial score (nSPS) is 20.8. The number of rotatable bonds is 4. The third kappa shape index (κ3) is 3.72. The molecule has 1 unspecified atom stereocenters. The topological polar surface area (TPSA) is 49.4 Å². The van der Waals surface area contributed by atoms with E-state index < -0.39 is 5.41 Å². The van der Waals surface area contributed by atoms with Gasteiger partial charge in [0.2, 0.25) is 11.8 Å². The minimum atomic E-state index is -0.414. The molecule has 0 bridgehead atoms. The van der Waals surface area contributed by atoms with Crippen molar-refractivity contribution in [3.63, 3.8) is 0 Å². The van der Waals surface area contributed by atoms with Gasteiger partial charge >= 0.3 is 0 Å². The van der Waals surface area contributed by atoms with Crippen LogP contribution in [0.2, 0.25) is 5.02 Å². The van der Waals surface area contributed by atoms with E-state index in [1.165, 1.54) is 0 Å². The number of piperidine rings is 1. The summed E-state index contributed by atoms with van der Waals surface area (Å²) in [6.07, 6.45) is 3.40. The Morgan fingerprint density at radius 2 is 1.74 bits per heavy atom. The summed E-state index contributed by atoms with van der Waals surface area (Å²) in [5, 5.41) is 3.65. The zero-order valence-electron chi connectivity index (χ0n) is 15.2. The second-order valence-corrected chi connectivity index (χ2v) is 7.97. The number of nitrogens with one attached hydrogen (secondary N) is 1. The SMILES string of the molecule is O=C(Nc1ccccc1)C1CCCN(C(=O)C2(c3ccc(Cl)cc3)CC2)C1. The van der Waals surface area contributed by atoms with Crippen LogP contribution in [-0.4, -0.2) is 29.8 Å². The molecular weight excluding hydrogens is 360 g/mol. The molecule has 2 aromatic rings. The standard InChI is InChI=1S/C22H23ClN2O2/c23-18-10-8-17(9-11-18)22(12-13-22)21(27)25-14-4-5-16(15-25)20(26)24-19-6-2-1-3-7-19/h1-3,6-11,16H,4-5,12-15H2,(H,24,26). The third-order valence-electron chi connectivity index (χ3n) is 5.68. The van der Waals surface area contributed by atoms with Crippen LogP contribution in [0, 0.1) is 5.92 Å². The van der Waals surface area contributed by atoms with E-state index in [4.69, 9.17) is 11.6 Å². The Morgan fingerprint density at radius 1 is 1.04 bits per heavy atom. The van der Waals surface area contributed by atoms with Crippen LogP contribution in [-0.2, 0) is 15.0 Å². The fraction of sp³-hybridized carbons (Fsp3) is 0.364. The van der Waals surface area contributed by atoms with Crippen LogP contribution in [0.4, 0.5) is 5.69 Å². The number of nitrogens with zero attached hydrogens (tertiary/aromatic N) is 1. The lowest BCUT2D eigenvalue weighted by atomic mass is 9.91. The van der Waals surface area contributed by atoms with Crippen molar-refractivity contribution >= 4 is 29.1 Å². The largest absolute Gasteiger partial charge is 0.341 e. The van der Waals surface area contributed by atoms with Crippen LogP contribution in [0.1, 0.15) is 31.2 Å². The van der Waals surface area contributed by atoms with Gasteiger partial charge in [0.05, 0.1) is 11.3 Å². The molecule has 2 aliphatic rings. The lowest BCUT2D eigenvalue weighted by Gasteiger charge is -2.34.